The van der Waals surface area contributed by atoms with Crippen LogP contribution in [0.15, 0.2) is 0 Å². The van der Waals surface area contributed by atoms with Gasteiger partial charge in [-0.15, -0.1) is 0 Å². The van der Waals surface area contributed by atoms with Crippen molar-refractivity contribution in [3.63, 3.8) is 0 Å². The Balaban J connectivity index is 1.50. The third-order valence-electron chi connectivity index (χ3n) is 4.94. The number of hydrogen-bond donors (Lipinski definition) is 2. The second kappa shape index (κ2) is 3.95. The summed E-state index contributed by atoms with van der Waals surface area (Å²) in [4.78, 5) is 12.0. The van der Waals surface area contributed by atoms with E-state index in [0.29, 0.717) is 31.4 Å². The predicted octanol–water partition coefficient (Wildman–Crippen LogP) is 0.689. The van der Waals surface area contributed by atoms with E-state index in [-0.39, 0.29) is 17.9 Å². The van der Waals surface area contributed by atoms with Gasteiger partial charge in [0.2, 0.25) is 5.91 Å². The molecule has 17 heavy (non-hydrogen) atoms. The Hall–Kier alpha value is -0.610. The lowest BCUT2D eigenvalue weighted by Gasteiger charge is -2.26. The maximum absolute atomic E-state index is 12.0. The summed E-state index contributed by atoms with van der Waals surface area (Å²) in [7, 11) is 0. The molecule has 4 nitrogen and oxygen atoms in total. The van der Waals surface area contributed by atoms with E-state index in [2.05, 4.69) is 5.32 Å². The molecule has 3 aliphatic rings. The van der Waals surface area contributed by atoms with Crippen molar-refractivity contribution in [1.82, 2.24) is 5.32 Å². The normalized spacial score (nSPS) is 47.9. The zero-order valence-electron chi connectivity index (χ0n) is 10.3. The smallest absolute Gasteiger partial charge is 0.223 e. The molecule has 2 saturated carbocycles. The minimum Gasteiger partial charge on any atom is -0.385 e. The van der Waals surface area contributed by atoms with Crippen LogP contribution in [0.2, 0.25) is 0 Å². The molecule has 0 radical (unpaired) electrons. The van der Waals surface area contributed by atoms with E-state index in [0.717, 1.165) is 0 Å². The molecule has 0 aromatic rings. The first kappa shape index (κ1) is 11.5. The van der Waals surface area contributed by atoms with Crippen LogP contribution in [-0.2, 0) is 9.53 Å². The Morgan fingerprint density at radius 1 is 1.47 bits per heavy atom. The number of carbonyl (C=O) groups is 1. The predicted molar refractivity (Wildman–Crippen MR) is 62.3 cm³/mol. The highest BCUT2D eigenvalue weighted by Crippen LogP contribution is 2.57. The van der Waals surface area contributed by atoms with E-state index in [1.54, 1.807) is 0 Å². The molecule has 2 aliphatic carbocycles. The molecule has 1 heterocycles. The molecular formula is C13H21NO3. The summed E-state index contributed by atoms with van der Waals surface area (Å²) in [6, 6.07) is 0. The zero-order valence-corrected chi connectivity index (χ0v) is 10.3. The Kier molecular flexibility index (Phi) is 2.67. The van der Waals surface area contributed by atoms with Gasteiger partial charge in [0.05, 0.1) is 6.10 Å². The van der Waals surface area contributed by atoms with E-state index in [1.165, 1.54) is 19.3 Å². The number of rotatable bonds is 3. The van der Waals surface area contributed by atoms with Gasteiger partial charge in [0.15, 0.2) is 0 Å². The number of carbonyl (C=O) groups excluding carboxylic acids is 1. The molecule has 96 valence electrons. The lowest BCUT2D eigenvalue weighted by Crippen LogP contribution is -2.48. The van der Waals surface area contributed by atoms with Crippen molar-refractivity contribution in [2.45, 2.75) is 44.3 Å². The van der Waals surface area contributed by atoms with Crippen LogP contribution in [0.1, 0.15) is 32.6 Å². The monoisotopic (exact) mass is 239 g/mol. The number of aliphatic hydroxyl groups is 1. The average molecular weight is 239 g/mol. The molecule has 4 heteroatoms. The zero-order chi connectivity index (χ0) is 12.0. The molecule has 1 aliphatic heterocycles. The van der Waals surface area contributed by atoms with Gasteiger partial charge in [-0.25, -0.2) is 0 Å². The highest BCUT2D eigenvalue weighted by atomic mass is 16.5. The number of hydrogen-bond acceptors (Lipinski definition) is 3. The molecule has 1 amide bonds. The van der Waals surface area contributed by atoms with Crippen molar-refractivity contribution < 1.29 is 14.6 Å². The van der Waals surface area contributed by atoms with E-state index < -0.39 is 5.60 Å². The van der Waals surface area contributed by atoms with Crippen molar-refractivity contribution in [2.75, 3.05) is 13.2 Å². The first-order chi connectivity index (χ1) is 8.12. The number of amides is 1. The number of fused-ring (bicyclic) bond motifs is 1. The topological polar surface area (TPSA) is 58.6 Å². The average Bonchev–Trinajstić information content (AvgIpc) is 2.65. The van der Waals surface area contributed by atoms with Gasteiger partial charge in [-0.05, 0) is 31.6 Å². The van der Waals surface area contributed by atoms with Crippen molar-refractivity contribution in [3.8, 4) is 0 Å². The van der Waals surface area contributed by atoms with Crippen LogP contribution in [0.4, 0.5) is 0 Å². The molecule has 3 fully saturated rings. The fraction of sp³-hybridized carbons (Fsp3) is 0.923. The number of nitrogens with one attached hydrogen (secondary N) is 1. The highest BCUT2D eigenvalue weighted by Gasteiger charge is 2.56. The summed E-state index contributed by atoms with van der Waals surface area (Å²) in [6.07, 6.45) is 4.15. The van der Waals surface area contributed by atoms with E-state index in [9.17, 15) is 9.90 Å². The van der Waals surface area contributed by atoms with Crippen LogP contribution in [0.3, 0.4) is 0 Å². The molecule has 2 N–H and O–H groups in total. The Morgan fingerprint density at radius 2 is 2.18 bits per heavy atom. The minimum absolute atomic E-state index is 0.146. The van der Waals surface area contributed by atoms with Crippen LogP contribution < -0.4 is 5.32 Å². The van der Waals surface area contributed by atoms with Gasteiger partial charge in [0.1, 0.15) is 5.60 Å². The molecule has 4 atom stereocenters. The first-order valence-electron chi connectivity index (χ1n) is 6.73. The molecule has 0 aromatic carbocycles. The Morgan fingerprint density at radius 3 is 2.76 bits per heavy atom. The van der Waals surface area contributed by atoms with Crippen LogP contribution in [-0.4, -0.2) is 35.9 Å². The van der Waals surface area contributed by atoms with Gasteiger partial charge in [0.25, 0.3) is 0 Å². The maximum atomic E-state index is 12.0. The van der Waals surface area contributed by atoms with Crippen LogP contribution >= 0.6 is 0 Å². The summed E-state index contributed by atoms with van der Waals surface area (Å²) in [5.74, 6) is 1.67. The standard InChI is InChI=1S/C13H21NO3/c1-8-13(16,5-6-17-8)7-14-12(15)11-9-3-2-4-10(9)11/h8-11,16H,2-7H2,1H3,(H,14,15). The Bertz CT molecular complexity index is 323. The lowest BCUT2D eigenvalue weighted by molar-refractivity contribution is -0.124. The van der Waals surface area contributed by atoms with E-state index in [1.807, 2.05) is 6.92 Å². The molecular weight excluding hydrogens is 218 g/mol. The van der Waals surface area contributed by atoms with Crippen LogP contribution in [0, 0.1) is 17.8 Å². The SMILES string of the molecule is CC1OCCC1(O)CNC(=O)C1C2CCCC21. The summed E-state index contributed by atoms with van der Waals surface area (Å²) in [5.41, 5.74) is -0.861. The molecule has 0 bridgehead atoms. The van der Waals surface area contributed by atoms with Gasteiger partial charge in [-0.2, -0.15) is 0 Å². The van der Waals surface area contributed by atoms with Crippen molar-refractivity contribution in [1.29, 1.82) is 0 Å². The van der Waals surface area contributed by atoms with Gasteiger partial charge >= 0.3 is 0 Å². The second-order valence-corrected chi connectivity index (χ2v) is 5.87. The summed E-state index contributed by atoms with van der Waals surface area (Å²) >= 11 is 0. The van der Waals surface area contributed by atoms with Gasteiger partial charge in [0, 0.05) is 25.5 Å². The first-order valence-corrected chi connectivity index (χ1v) is 6.73. The highest BCUT2D eigenvalue weighted by molar-refractivity contribution is 5.82. The van der Waals surface area contributed by atoms with E-state index >= 15 is 0 Å². The van der Waals surface area contributed by atoms with Crippen LogP contribution in [0.5, 0.6) is 0 Å². The lowest BCUT2D eigenvalue weighted by atomic mass is 9.96. The van der Waals surface area contributed by atoms with Gasteiger partial charge in [-0.3, -0.25) is 4.79 Å². The minimum atomic E-state index is -0.861. The fourth-order valence-corrected chi connectivity index (χ4v) is 3.57. The summed E-state index contributed by atoms with van der Waals surface area (Å²) in [5, 5.41) is 13.2. The Labute approximate surface area is 102 Å². The largest absolute Gasteiger partial charge is 0.385 e. The molecule has 0 spiro atoms. The molecule has 4 unspecified atom stereocenters. The molecule has 1 saturated heterocycles. The van der Waals surface area contributed by atoms with Gasteiger partial charge in [-0.1, -0.05) is 6.42 Å². The third-order valence-corrected chi connectivity index (χ3v) is 4.94. The quantitative estimate of drug-likeness (QED) is 0.762. The second-order valence-electron chi connectivity index (χ2n) is 5.87. The van der Waals surface area contributed by atoms with Crippen molar-refractivity contribution in [2.24, 2.45) is 17.8 Å². The van der Waals surface area contributed by atoms with Crippen molar-refractivity contribution >= 4 is 5.91 Å². The fourth-order valence-electron chi connectivity index (χ4n) is 3.57. The molecule has 3 rings (SSSR count). The maximum Gasteiger partial charge on any atom is 0.223 e. The summed E-state index contributed by atoms with van der Waals surface area (Å²) in [6.45, 7) is 2.79. The number of ether oxygens (including phenoxy) is 1. The van der Waals surface area contributed by atoms with Crippen molar-refractivity contribution in [3.05, 3.63) is 0 Å². The van der Waals surface area contributed by atoms with Gasteiger partial charge < -0.3 is 15.2 Å². The van der Waals surface area contributed by atoms with Crippen LogP contribution in [0.25, 0.3) is 0 Å². The summed E-state index contributed by atoms with van der Waals surface area (Å²) < 4.78 is 5.35. The third kappa shape index (κ3) is 1.87. The molecule has 0 aromatic heterocycles. The van der Waals surface area contributed by atoms with E-state index in [4.69, 9.17) is 4.74 Å².